The maximum absolute atomic E-state index is 12.4. The number of hydrogen-bond acceptors (Lipinski definition) is 2. The van der Waals surface area contributed by atoms with Crippen molar-refractivity contribution in [1.29, 1.82) is 0 Å². The van der Waals surface area contributed by atoms with E-state index >= 15 is 0 Å². The molecular weight excluding hydrogens is 261 g/mol. The van der Waals surface area contributed by atoms with Crippen LogP contribution in [-0.2, 0) is 15.7 Å². The third kappa shape index (κ3) is 2.89. The minimum Gasteiger partial charge on any atom is -0.399 e. The van der Waals surface area contributed by atoms with Crippen molar-refractivity contribution in [2.75, 3.05) is 0 Å². The number of aryl methyl sites for hydroxylation is 1. The second-order valence-corrected chi connectivity index (χ2v) is 6.37. The molecule has 1 aromatic rings. The normalized spacial score (nSPS) is 20.7. The zero-order valence-electron chi connectivity index (χ0n) is 12.7. The zero-order chi connectivity index (χ0) is 15.1. The van der Waals surface area contributed by atoms with Crippen LogP contribution in [0.1, 0.15) is 38.8 Å². The van der Waals surface area contributed by atoms with Gasteiger partial charge in [0.05, 0.1) is 11.2 Å². The van der Waals surface area contributed by atoms with Crippen molar-refractivity contribution in [3.63, 3.8) is 0 Å². The molecule has 2 nitrogen and oxygen atoms in total. The monoisotopic (exact) mass is 282 g/mol. The average Bonchev–Trinajstić information content (AvgIpc) is 2.46. The van der Waals surface area contributed by atoms with Gasteiger partial charge >= 0.3 is 7.12 Å². The summed E-state index contributed by atoms with van der Waals surface area (Å²) in [4.78, 5) is 0. The molecule has 20 heavy (non-hydrogen) atoms. The molecule has 0 aliphatic carbocycles. The molecule has 0 radical (unpaired) electrons. The van der Waals surface area contributed by atoms with Gasteiger partial charge in [-0.3, -0.25) is 0 Å². The molecule has 1 aliphatic heterocycles. The van der Waals surface area contributed by atoms with Crippen LogP contribution in [0.3, 0.4) is 0 Å². The maximum atomic E-state index is 12.4. The quantitative estimate of drug-likeness (QED) is 0.793. The molecule has 1 aliphatic rings. The first-order valence-electron chi connectivity index (χ1n) is 6.85. The van der Waals surface area contributed by atoms with Gasteiger partial charge in [-0.1, -0.05) is 23.8 Å². The summed E-state index contributed by atoms with van der Waals surface area (Å²) in [5.41, 5.74) is 1.67. The Hall–Kier alpha value is -0.935. The molecular formula is C15H21BF2O2. The van der Waals surface area contributed by atoms with Crippen molar-refractivity contribution in [3.8, 4) is 0 Å². The van der Waals surface area contributed by atoms with Crippen LogP contribution in [0, 0.1) is 6.92 Å². The van der Waals surface area contributed by atoms with Gasteiger partial charge in [-0.05, 0) is 45.6 Å². The Morgan fingerprint density at radius 1 is 1.10 bits per heavy atom. The lowest BCUT2D eigenvalue weighted by Crippen LogP contribution is -2.41. The largest absolute Gasteiger partial charge is 0.495 e. The SMILES string of the molecule is Cc1cc(CC(F)F)ccc1B1OC(C)(C)C(C)(C)O1. The van der Waals surface area contributed by atoms with E-state index in [2.05, 4.69) is 0 Å². The highest BCUT2D eigenvalue weighted by Crippen LogP contribution is 2.36. The summed E-state index contributed by atoms with van der Waals surface area (Å²) in [6.45, 7) is 9.87. The lowest BCUT2D eigenvalue weighted by atomic mass is 9.75. The Bertz CT molecular complexity index is 485. The van der Waals surface area contributed by atoms with Gasteiger partial charge in [0.25, 0.3) is 0 Å². The van der Waals surface area contributed by atoms with Crippen molar-refractivity contribution < 1.29 is 18.1 Å². The Morgan fingerprint density at radius 2 is 1.65 bits per heavy atom. The van der Waals surface area contributed by atoms with E-state index < -0.39 is 24.7 Å². The standard InChI is InChI=1S/C15H21BF2O2/c1-10-8-11(9-13(17)18)6-7-12(10)16-19-14(2,3)15(4,5)20-16/h6-8,13H,9H2,1-5H3. The average molecular weight is 282 g/mol. The van der Waals surface area contributed by atoms with Crippen molar-refractivity contribution >= 4 is 12.6 Å². The molecule has 1 fully saturated rings. The second-order valence-electron chi connectivity index (χ2n) is 6.37. The number of halogens is 2. The first kappa shape index (κ1) is 15.5. The van der Waals surface area contributed by atoms with E-state index in [-0.39, 0.29) is 6.42 Å². The molecule has 2 rings (SSSR count). The highest BCUT2D eigenvalue weighted by molar-refractivity contribution is 6.62. The van der Waals surface area contributed by atoms with E-state index in [0.29, 0.717) is 5.56 Å². The fourth-order valence-electron chi connectivity index (χ4n) is 2.28. The third-order valence-electron chi connectivity index (χ3n) is 4.23. The molecule has 0 aromatic heterocycles. The van der Waals surface area contributed by atoms with Crippen LogP contribution in [0.25, 0.3) is 0 Å². The first-order chi connectivity index (χ1) is 9.12. The molecule has 0 atom stereocenters. The van der Waals surface area contributed by atoms with Crippen LogP contribution in [0.15, 0.2) is 18.2 Å². The van der Waals surface area contributed by atoms with E-state index in [1.54, 1.807) is 12.1 Å². The number of rotatable bonds is 3. The van der Waals surface area contributed by atoms with Gasteiger partial charge in [-0.25, -0.2) is 8.78 Å². The molecule has 5 heteroatoms. The highest BCUT2D eigenvalue weighted by Gasteiger charge is 2.51. The topological polar surface area (TPSA) is 18.5 Å². The van der Waals surface area contributed by atoms with Gasteiger partial charge in [-0.2, -0.15) is 0 Å². The maximum Gasteiger partial charge on any atom is 0.495 e. The molecule has 0 unspecified atom stereocenters. The number of alkyl halides is 2. The first-order valence-corrected chi connectivity index (χ1v) is 6.85. The van der Waals surface area contributed by atoms with Crippen molar-refractivity contribution in [1.82, 2.24) is 0 Å². The summed E-state index contributed by atoms with van der Waals surface area (Å²) in [7, 11) is -0.444. The second kappa shape index (κ2) is 5.12. The Balaban J connectivity index is 2.23. The van der Waals surface area contributed by atoms with Gasteiger partial charge in [0.15, 0.2) is 0 Å². The van der Waals surface area contributed by atoms with Crippen molar-refractivity contribution in [2.45, 2.75) is 58.7 Å². The van der Waals surface area contributed by atoms with Crippen LogP contribution >= 0.6 is 0 Å². The molecule has 1 aromatic carbocycles. The van der Waals surface area contributed by atoms with Gasteiger partial charge in [-0.15, -0.1) is 0 Å². The summed E-state index contributed by atoms with van der Waals surface area (Å²) in [6, 6.07) is 5.33. The van der Waals surface area contributed by atoms with Crippen LogP contribution in [0.4, 0.5) is 8.78 Å². The molecule has 0 saturated carbocycles. The fourth-order valence-corrected chi connectivity index (χ4v) is 2.28. The Kier molecular flexibility index (Phi) is 3.95. The summed E-state index contributed by atoms with van der Waals surface area (Å²) in [6.07, 6.45) is -2.54. The lowest BCUT2D eigenvalue weighted by Gasteiger charge is -2.32. The predicted octanol–water partition coefficient (Wildman–Crippen LogP) is 3.10. The summed E-state index contributed by atoms with van der Waals surface area (Å²) in [5, 5.41) is 0. The molecule has 110 valence electrons. The number of benzene rings is 1. The van der Waals surface area contributed by atoms with E-state index in [1.165, 1.54) is 0 Å². The molecule has 1 heterocycles. The van der Waals surface area contributed by atoms with Crippen LogP contribution in [0.5, 0.6) is 0 Å². The van der Waals surface area contributed by atoms with E-state index in [0.717, 1.165) is 11.0 Å². The van der Waals surface area contributed by atoms with E-state index in [9.17, 15) is 8.78 Å². The van der Waals surface area contributed by atoms with Crippen LogP contribution < -0.4 is 5.46 Å². The van der Waals surface area contributed by atoms with Gasteiger partial charge in [0.2, 0.25) is 6.43 Å². The van der Waals surface area contributed by atoms with Crippen molar-refractivity contribution in [3.05, 3.63) is 29.3 Å². The molecule has 0 N–H and O–H groups in total. The molecule has 0 amide bonds. The van der Waals surface area contributed by atoms with Crippen LogP contribution in [-0.4, -0.2) is 24.7 Å². The minimum absolute atomic E-state index is 0.218. The smallest absolute Gasteiger partial charge is 0.399 e. The van der Waals surface area contributed by atoms with Gasteiger partial charge < -0.3 is 9.31 Å². The summed E-state index contributed by atoms with van der Waals surface area (Å²) < 4.78 is 36.8. The van der Waals surface area contributed by atoms with Gasteiger partial charge in [0.1, 0.15) is 0 Å². The molecule has 1 saturated heterocycles. The third-order valence-corrected chi connectivity index (χ3v) is 4.23. The van der Waals surface area contributed by atoms with E-state index in [1.807, 2.05) is 40.7 Å². The fraction of sp³-hybridized carbons (Fsp3) is 0.600. The Morgan fingerprint density at radius 3 is 2.10 bits per heavy atom. The lowest BCUT2D eigenvalue weighted by molar-refractivity contribution is 0.00578. The zero-order valence-corrected chi connectivity index (χ0v) is 12.7. The van der Waals surface area contributed by atoms with Crippen LogP contribution in [0.2, 0.25) is 0 Å². The predicted molar refractivity (Wildman–Crippen MR) is 76.6 cm³/mol. The Labute approximate surface area is 119 Å². The van der Waals surface area contributed by atoms with Gasteiger partial charge in [0, 0.05) is 6.42 Å². The summed E-state index contributed by atoms with van der Waals surface area (Å²) in [5.74, 6) is 0. The number of hydrogen-bond donors (Lipinski definition) is 0. The minimum atomic E-state index is -2.32. The van der Waals surface area contributed by atoms with E-state index in [4.69, 9.17) is 9.31 Å². The molecule has 0 bridgehead atoms. The van der Waals surface area contributed by atoms with Crippen molar-refractivity contribution in [2.24, 2.45) is 0 Å². The highest BCUT2D eigenvalue weighted by atomic mass is 19.3. The molecule has 0 spiro atoms. The summed E-state index contributed by atoms with van der Waals surface area (Å²) >= 11 is 0.